The van der Waals surface area contributed by atoms with Gasteiger partial charge in [0.05, 0.1) is 37.6 Å². The highest BCUT2D eigenvalue weighted by Crippen LogP contribution is 2.32. The summed E-state index contributed by atoms with van der Waals surface area (Å²) in [7, 11) is 0. The molecule has 4 aliphatic rings. The van der Waals surface area contributed by atoms with E-state index in [-0.39, 0.29) is 25.4 Å². The van der Waals surface area contributed by atoms with Crippen LogP contribution in [0, 0.1) is 0 Å². The average Bonchev–Trinajstić information content (AvgIpc) is 3.83. The van der Waals surface area contributed by atoms with Gasteiger partial charge in [-0.25, -0.2) is 9.59 Å². The van der Waals surface area contributed by atoms with Gasteiger partial charge in [0.25, 0.3) is 0 Å². The smallest absolute Gasteiger partial charge is 0.338 e. The first-order valence-electron chi connectivity index (χ1n) is 12.0. The molecule has 0 radical (unpaired) electrons. The fourth-order valence-electron chi connectivity index (χ4n) is 4.12. The number of esters is 2. The number of epoxide rings is 2. The highest BCUT2D eigenvalue weighted by molar-refractivity contribution is 5.90. The lowest BCUT2D eigenvalue weighted by Crippen LogP contribution is -2.36. The molecule has 6 rings (SSSR count). The van der Waals surface area contributed by atoms with Gasteiger partial charge in [0, 0.05) is 0 Å². The van der Waals surface area contributed by atoms with Gasteiger partial charge in [-0.3, -0.25) is 0 Å². The summed E-state index contributed by atoms with van der Waals surface area (Å²) in [6.45, 7) is 2.74. The Labute approximate surface area is 207 Å². The lowest BCUT2D eigenvalue weighted by Gasteiger charge is -2.17. The predicted molar refractivity (Wildman–Crippen MR) is 121 cm³/mol. The number of hydrogen-bond acceptors (Lipinski definition) is 10. The maximum Gasteiger partial charge on any atom is 0.338 e. The highest BCUT2D eigenvalue weighted by atomic mass is 16.7. The van der Waals surface area contributed by atoms with E-state index in [0.717, 1.165) is 13.2 Å². The normalized spacial score (nSPS) is 29.8. The van der Waals surface area contributed by atoms with E-state index in [1.54, 1.807) is 48.5 Å². The number of carbonyl (C=O) groups is 2. The van der Waals surface area contributed by atoms with Crippen molar-refractivity contribution in [3.63, 3.8) is 0 Å². The minimum atomic E-state index is -0.596. The first-order chi connectivity index (χ1) is 17.6. The van der Waals surface area contributed by atoms with Crippen molar-refractivity contribution < 1.29 is 47.5 Å². The van der Waals surface area contributed by atoms with Crippen molar-refractivity contribution in [3.05, 3.63) is 59.7 Å². The number of hydrogen-bond donors (Lipinski definition) is 0. The van der Waals surface area contributed by atoms with E-state index in [1.807, 2.05) is 0 Å². The van der Waals surface area contributed by atoms with Gasteiger partial charge in [-0.1, -0.05) is 0 Å². The van der Waals surface area contributed by atoms with Crippen molar-refractivity contribution in [2.24, 2.45) is 0 Å². The zero-order valence-electron chi connectivity index (χ0n) is 19.4. The fraction of sp³-hybridized carbons (Fsp3) is 0.462. The molecule has 10 heteroatoms. The Bertz CT molecular complexity index is 989. The minimum absolute atomic E-state index is 0.159. The molecule has 4 saturated heterocycles. The van der Waals surface area contributed by atoms with Gasteiger partial charge in [-0.15, -0.1) is 0 Å². The second kappa shape index (κ2) is 10.1. The minimum Gasteiger partial charge on any atom is -0.491 e. The summed E-state index contributed by atoms with van der Waals surface area (Å²) in [5.74, 6) is 0.345. The molecule has 6 unspecified atom stereocenters. The summed E-state index contributed by atoms with van der Waals surface area (Å²) in [6.07, 6.45) is -1.89. The maximum atomic E-state index is 12.6. The van der Waals surface area contributed by atoms with Gasteiger partial charge in [-0.05, 0) is 48.5 Å². The summed E-state index contributed by atoms with van der Waals surface area (Å²) in [5, 5.41) is 0. The molecule has 2 aromatic rings. The van der Waals surface area contributed by atoms with Gasteiger partial charge in [0.2, 0.25) is 0 Å². The van der Waals surface area contributed by atoms with E-state index in [2.05, 4.69) is 0 Å². The molecule has 4 aliphatic heterocycles. The monoisotopic (exact) mass is 498 g/mol. The third kappa shape index (κ3) is 5.46. The molecular weight excluding hydrogens is 472 g/mol. The zero-order valence-corrected chi connectivity index (χ0v) is 19.4. The van der Waals surface area contributed by atoms with Crippen LogP contribution in [0.3, 0.4) is 0 Å². The molecule has 0 bridgehead atoms. The van der Waals surface area contributed by atoms with Crippen molar-refractivity contribution in [1.82, 2.24) is 0 Å². The molecule has 10 nitrogen and oxygen atoms in total. The molecule has 4 heterocycles. The van der Waals surface area contributed by atoms with Crippen LogP contribution < -0.4 is 9.47 Å². The standard InChI is InChI=1S/C26H26O10/c27-25(15-1-5-17(6-2-15)29-9-19-11-31-19)35-21-13-33-24-22(14-34-23(21)24)36-26(28)16-3-7-18(8-4-16)30-10-20-12-32-20/h1-8,19-24H,9-14H2. The van der Waals surface area contributed by atoms with E-state index in [4.69, 9.17) is 37.9 Å². The Morgan fingerprint density at radius 3 is 1.36 bits per heavy atom. The molecule has 0 aromatic heterocycles. The molecule has 0 spiro atoms. The number of rotatable bonds is 10. The van der Waals surface area contributed by atoms with Crippen molar-refractivity contribution in [2.75, 3.05) is 39.6 Å². The summed E-state index contributed by atoms with van der Waals surface area (Å²) < 4.78 is 44.3. The van der Waals surface area contributed by atoms with E-state index < -0.39 is 36.4 Å². The molecule has 0 amide bonds. The average molecular weight is 498 g/mol. The summed E-state index contributed by atoms with van der Waals surface area (Å²) >= 11 is 0. The molecule has 2 aromatic carbocycles. The second-order valence-corrected chi connectivity index (χ2v) is 9.06. The largest absolute Gasteiger partial charge is 0.491 e. The fourth-order valence-corrected chi connectivity index (χ4v) is 4.12. The number of ether oxygens (including phenoxy) is 8. The number of fused-ring (bicyclic) bond motifs is 1. The van der Waals surface area contributed by atoms with Crippen molar-refractivity contribution >= 4 is 11.9 Å². The van der Waals surface area contributed by atoms with E-state index in [0.29, 0.717) is 35.8 Å². The molecule has 0 N–H and O–H groups in total. The Kier molecular flexibility index (Phi) is 6.49. The van der Waals surface area contributed by atoms with Crippen LogP contribution >= 0.6 is 0 Å². The van der Waals surface area contributed by atoms with Crippen molar-refractivity contribution in [3.8, 4) is 11.5 Å². The first kappa shape index (κ1) is 23.2. The van der Waals surface area contributed by atoms with Crippen LogP contribution in [0.1, 0.15) is 20.7 Å². The quantitative estimate of drug-likeness (QED) is 0.355. The van der Waals surface area contributed by atoms with E-state index in [1.165, 1.54) is 0 Å². The Hall–Kier alpha value is -3.18. The maximum absolute atomic E-state index is 12.6. The van der Waals surface area contributed by atoms with Crippen LogP contribution in [0.2, 0.25) is 0 Å². The molecule has 190 valence electrons. The summed E-state index contributed by atoms with van der Waals surface area (Å²) in [5.41, 5.74) is 0.790. The van der Waals surface area contributed by atoms with Gasteiger partial charge in [-0.2, -0.15) is 0 Å². The van der Waals surface area contributed by atoms with Gasteiger partial charge < -0.3 is 37.9 Å². The topological polar surface area (TPSA) is 115 Å². The van der Waals surface area contributed by atoms with Crippen LogP contribution in [-0.2, 0) is 28.4 Å². The Morgan fingerprint density at radius 2 is 1.00 bits per heavy atom. The van der Waals surface area contributed by atoms with Crippen LogP contribution in [0.5, 0.6) is 11.5 Å². The van der Waals surface area contributed by atoms with Crippen LogP contribution in [0.25, 0.3) is 0 Å². The third-order valence-electron chi connectivity index (χ3n) is 6.34. The molecule has 6 atom stereocenters. The lowest BCUT2D eigenvalue weighted by molar-refractivity contribution is -0.0287. The number of benzene rings is 2. The Morgan fingerprint density at radius 1 is 0.611 bits per heavy atom. The zero-order chi connectivity index (χ0) is 24.5. The molecule has 4 fully saturated rings. The number of carbonyl (C=O) groups excluding carboxylic acids is 2. The van der Waals surface area contributed by atoms with Crippen molar-refractivity contribution in [1.29, 1.82) is 0 Å². The third-order valence-corrected chi connectivity index (χ3v) is 6.34. The summed E-state index contributed by atoms with van der Waals surface area (Å²) in [4.78, 5) is 25.3. The van der Waals surface area contributed by atoms with E-state index in [9.17, 15) is 9.59 Å². The van der Waals surface area contributed by atoms with Gasteiger partial charge in [0.15, 0.2) is 12.2 Å². The van der Waals surface area contributed by atoms with Crippen LogP contribution in [0.15, 0.2) is 48.5 Å². The molecule has 0 aliphatic carbocycles. The lowest BCUT2D eigenvalue weighted by atomic mass is 10.1. The van der Waals surface area contributed by atoms with Crippen molar-refractivity contribution in [2.45, 2.75) is 36.6 Å². The second-order valence-electron chi connectivity index (χ2n) is 9.06. The van der Waals surface area contributed by atoms with Gasteiger partial charge >= 0.3 is 11.9 Å². The SMILES string of the molecule is O=C(OC1COC2C(OC(=O)c3ccc(OCC4CO4)cc3)COC12)c1ccc(OCC2CO2)cc1. The predicted octanol–water partition coefficient (Wildman–Crippen LogP) is 1.79. The Balaban J connectivity index is 0.987. The molecule has 36 heavy (non-hydrogen) atoms. The molecule has 0 saturated carbocycles. The highest BCUT2D eigenvalue weighted by Gasteiger charge is 2.51. The van der Waals surface area contributed by atoms with Crippen LogP contribution in [-0.4, -0.2) is 88.2 Å². The molecular formula is C26H26O10. The summed E-state index contributed by atoms with van der Waals surface area (Å²) in [6, 6.07) is 13.5. The van der Waals surface area contributed by atoms with E-state index >= 15 is 0 Å². The van der Waals surface area contributed by atoms with Crippen LogP contribution in [0.4, 0.5) is 0 Å². The van der Waals surface area contributed by atoms with Gasteiger partial charge in [0.1, 0.15) is 49.1 Å². The first-order valence-corrected chi connectivity index (χ1v) is 12.0.